The Hall–Kier alpha value is -1.43. The molecule has 1 aromatic rings. The summed E-state index contributed by atoms with van der Waals surface area (Å²) in [5.41, 5.74) is -0.474. The van der Waals surface area contributed by atoms with Gasteiger partial charge in [-0.2, -0.15) is 0 Å². The van der Waals surface area contributed by atoms with Crippen molar-refractivity contribution in [3.8, 4) is 0 Å². The topological polar surface area (TPSA) is 59.5 Å². The molecule has 0 radical (unpaired) electrons. The smallest absolute Gasteiger partial charge is 0.410 e. The van der Waals surface area contributed by atoms with Crippen molar-refractivity contribution in [3.63, 3.8) is 0 Å². The third-order valence-corrected chi connectivity index (χ3v) is 4.32. The molecule has 0 aromatic carbocycles. The van der Waals surface area contributed by atoms with Gasteiger partial charge in [-0.25, -0.2) is 9.78 Å². The van der Waals surface area contributed by atoms with Crippen LogP contribution in [0.4, 0.5) is 4.79 Å². The number of Topliss-reactive ketones (excluding diaryl/α,β-unsaturated/α-hetero) is 1. The summed E-state index contributed by atoms with van der Waals surface area (Å²) in [4.78, 5) is 30.0. The van der Waals surface area contributed by atoms with Gasteiger partial charge in [0.05, 0.1) is 9.88 Å². The van der Waals surface area contributed by atoms with Gasteiger partial charge in [-0.3, -0.25) is 4.79 Å². The highest BCUT2D eigenvalue weighted by Crippen LogP contribution is 2.31. The Morgan fingerprint density at radius 2 is 2.15 bits per heavy atom. The van der Waals surface area contributed by atoms with E-state index in [2.05, 4.69) is 4.98 Å². The number of carbonyl (C=O) groups is 2. The van der Waals surface area contributed by atoms with Gasteiger partial charge in [0.2, 0.25) is 0 Å². The van der Waals surface area contributed by atoms with Gasteiger partial charge in [0.1, 0.15) is 5.60 Å². The van der Waals surface area contributed by atoms with Crippen LogP contribution in [0.5, 0.6) is 0 Å². The maximum Gasteiger partial charge on any atom is 0.410 e. The second-order valence-corrected chi connectivity index (χ2v) is 7.09. The number of amides is 1. The first-order valence-corrected chi connectivity index (χ1v) is 7.52. The first-order chi connectivity index (χ1) is 9.26. The summed E-state index contributed by atoms with van der Waals surface area (Å²) in [5.74, 6) is 0.247. The lowest BCUT2D eigenvalue weighted by Crippen LogP contribution is -2.35. The zero-order chi connectivity index (χ0) is 14.9. The van der Waals surface area contributed by atoms with Gasteiger partial charge in [-0.05, 0) is 27.2 Å². The zero-order valence-electron chi connectivity index (χ0n) is 12.3. The highest BCUT2D eigenvalue weighted by atomic mass is 32.1. The minimum Gasteiger partial charge on any atom is -0.444 e. The molecule has 1 saturated heterocycles. The number of nitrogens with zero attached hydrogens (tertiary/aromatic N) is 2. The number of thiazole rings is 1. The Morgan fingerprint density at radius 3 is 2.70 bits per heavy atom. The van der Waals surface area contributed by atoms with Crippen LogP contribution in [0.1, 0.15) is 54.7 Å². The van der Waals surface area contributed by atoms with Crippen molar-refractivity contribution in [2.45, 2.75) is 45.6 Å². The van der Waals surface area contributed by atoms with Crippen LogP contribution in [0.25, 0.3) is 0 Å². The molecule has 110 valence electrons. The molecule has 1 aliphatic heterocycles. The Bertz CT molecular complexity index is 519. The molecule has 1 fully saturated rings. The molecular formula is C14H20N2O3S. The molecule has 1 amide bonds. The number of rotatable bonds is 2. The monoisotopic (exact) mass is 296 g/mol. The van der Waals surface area contributed by atoms with Gasteiger partial charge < -0.3 is 9.64 Å². The molecule has 1 unspecified atom stereocenters. The molecule has 0 bridgehead atoms. The van der Waals surface area contributed by atoms with Gasteiger partial charge in [0.25, 0.3) is 0 Å². The number of ether oxygens (including phenoxy) is 1. The van der Waals surface area contributed by atoms with Gasteiger partial charge in [-0.1, -0.05) is 0 Å². The second-order valence-electron chi connectivity index (χ2n) is 6.03. The zero-order valence-corrected chi connectivity index (χ0v) is 13.1. The van der Waals surface area contributed by atoms with E-state index in [1.807, 2.05) is 20.8 Å². The lowest BCUT2D eigenvalue weighted by Gasteiger charge is -2.24. The summed E-state index contributed by atoms with van der Waals surface area (Å²) < 4.78 is 5.37. The molecule has 0 N–H and O–H groups in total. The van der Waals surface area contributed by atoms with E-state index in [0.717, 1.165) is 11.4 Å². The van der Waals surface area contributed by atoms with E-state index < -0.39 is 5.60 Å². The largest absolute Gasteiger partial charge is 0.444 e. The minimum absolute atomic E-state index is 0.0377. The van der Waals surface area contributed by atoms with Gasteiger partial charge in [0, 0.05) is 32.1 Å². The Labute approximate surface area is 122 Å². The van der Waals surface area contributed by atoms with E-state index in [4.69, 9.17) is 4.74 Å². The van der Waals surface area contributed by atoms with Crippen LogP contribution in [0, 0.1) is 0 Å². The maximum atomic E-state index is 12.0. The molecular weight excluding hydrogens is 276 g/mol. The summed E-state index contributed by atoms with van der Waals surface area (Å²) in [5, 5.41) is 0.932. The molecule has 0 saturated carbocycles. The molecule has 5 nitrogen and oxygen atoms in total. The lowest BCUT2D eigenvalue weighted by molar-refractivity contribution is 0.0292. The van der Waals surface area contributed by atoms with Gasteiger partial charge in [0.15, 0.2) is 5.78 Å². The van der Waals surface area contributed by atoms with Crippen LogP contribution in [-0.4, -0.2) is 40.5 Å². The SMILES string of the molecule is CC(=O)c1cnc(C2CCN(C(=O)OC(C)(C)C)C2)s1. The Kier molecular flexibility index (Phi) is 4.13. The first kappa shape index (κ1) is 15.0. The Balaban J connectivity index is 1.98. The lowest BCUT2D eigenvalue weighted by atomic mass is 10.1. The summed E-state index contributed by atoms with van der Waals surface area (Å²) in [6, 6.07) is 0. The predicted molar refractivity (Wildman–Crippen MR) is 77.3 cm³/mol. The van der Waals surface area contributed by atoms with Crippen molar-refractivity contribution in [1.29, 1.82) is 0 Å². The van der Waals surface area contributed by atoms with E-state index in [-0.39, 0.29) is 17.8 Å². The van der Waals surface area contributed by atoms with E-state index in [0.29, 0.717) is 18.0 Å². The molecule has 1 aromatic heterocycles. The van der Waals surface area contributed by atoms with E-state index >= 15 is 0 Å². The Morgan fingerprint density at radius 1 is 1.45 bits per heavy atom. The van der Waals surface area contributed by atoms with Crippen LogP contribution in [0.15, 0.2) is 6.20 Å². The molecule has 2 rings (SSSR count). The number of hydrogen-bond acceptors (Lipinski definition) is 5. The maximum absolute atomic E-state index is 12.0. The number of carbonyl (C=O) groups excluding carboxylic acids is 2. The standard InChI is InChI=1S/C14H20N2O3S/c1-9(17)11-7-15-12(20-11)10-5-6-16(8-10)13(18)19-14(2,3)4/h7,10H,5-6,8H2,1-4H3. The van der Waals surface area contributed by atoms with Gasteiger partial charge in [-0.15, -0.1) is 11.3 Å². The van der Waals surface area contributed by atoms with Crippen LogP contribution < -0.4 is 0 Å². The van der Waals surface area contributed by atoms with Crippen LogP contribution in [-0.2, 0) is 4.74 Å². The summed E-state index contributed by atoms with van der Waals surface area (Å²) in [7, 11) is 0. The fraction of sp³-hybridized carbons (Fsp3) is 0.643. The highest BCUT2D eigenvalue weighted by Gasteiger charge is 2.32. The summed E-state index contributed by atoms with van der Waals surface area (Å²) in [6.07, 6.45) is 2.21. The fourth-order valence-electron chi connectivity index (χ4n) is 2.09. The number of likely N-dealkylation sites (tertiary alicyclic amines) is 1. The van der Waals surface area contributed by atoms with Gasteiger partial charge >= 0.3 is 6.09 Å². The first-order valence-electron chi connectivity index (χ1n) is 6.71. The van der Waals surface area contributed by atoms with Crippen molar-refractivity contribution in [3.05, 3.63) is 16.1 Å². The quantitative estimate of drug-likeness (QED) is 0.787. The fourth-order valence-corrected chi connectivity index (χ4v) is 3.03. The minimum atomic E-state index is -0.474. The molecule has 20 heavy (non-hydrogen) atoms. The van der Waals surface area contributed by atoms with Crippen LogP contribution in [0.2, 0.25) is 0 Å². The second kappa shape index (κ2) is 5.52. The summed E-state index contributed by atoms with van der Waals surface area (Å²) >= 11 is 1.43. The highest BCUT2D eigenvalue weighted by molar-refractivity contribution is 7.13. The average molecular weight is 296 g/mol. The molecule has 1 atom stereocenters. The van der Waals surface area contributed by atoms with Crippen LogP contribution in [0.3, 0.4) is 0 Å². The predicted octanol–water partition coefficient (Wildman–Crippen LogP) is 3.07. The van der Waals surface area contributed by atoms with E-state index in [1.54, 1.807) is 18.0 Å². The van der Waals surface area contributed by atoms with E-state index in [9.17, 15) is 9.59 Å². The molecule has 2 heterocycles. The van der Waals surface area contributed by atoms with Crippen molar-refractivity contribution in [1.82, 2.24) is 9.88 Å². The van der Waals surface area contributed by atoms with Crippen molar-refractivity contribution in [2.24, 2.45) is 0 Å². The normalized spacial score (nSPS) is 19.2. The molecule has 0 spiro atoms. The number of aromatic nitrogens is 1. The number of hydrogen-bond donors (Lipinski definition) is 0. The average Bonchev–Trinajstić information content (AvgIpc) is 2.95. The third-order valence-electron chi connectivity index (χ3n) is 3.06. The van der Waals surface area contributed by atoms with Crippen molar-refractivity contribution < 1.29 is 14.3 Å². The molecule has 0 aliphatic carbocycles. The van der Waals surface area contributed by atoms with Crippen molar-refractivity contribution in [2.75, 3.05) is 13.1 Å². The molecule has 6 heteroatoms. The van der Waals surface area contributed by atoms with Crippen molar-refractivity contribution >= 4 is 23.2 Å². The van der Waals surface area contributed by atoms with Crippen LogP contribution >= 0.6 is 11.3 Å². The summed E-state index contributed by atoms with van der Waals surface area (Å²) in [6.45, 7) is 8.41. The third kappa shape index (κ3) is 3.56. The molecule has 1 aliphatic rings. The number of ketones is 1. The van der Waals surface area contributed by atoms with E-state index in [1.165, 1.54) is 11.3 Å².